The van der Waals surface area contributed by atoms with Crippen LogP contribution in [0.1, 0.15) is 18.9 Å². The Morgan fingerprint density at radius 1 is 1.41 bits per heavy atom. The molecule has 5 nitrogen and oxygen atoms in total. The molecule has 1 heterocycles. The highest BCUT2D eigenvalue weighted by atomic mass is 16.1. The topological polar surface area (TPSA) is 58.1 Å². The number of hydrogen-bond donors (Lipinski definition) is 1. The second-order valence-corrected chi connectivity index (χ2v) is 3.88. The maximum atomic E-state index is 10.6. The summed E-state index contributed by atoms with van der Waals surface area (Å²) in [6.07, 6.45) is 8.29. The van der Waals surface area contributed by atoms with Gasteiger partial charge < -0.3 is 10.2 Å². The van der Waals surface area contributed by atoms with Crippen molar-refractivity contribution in [2.75, 3.05) is 25.5 Å². The second-order valence-electron chi connectivity index (χ2n) is 3.88. The molecule has 0 aliphatic heterocycles. The van der Waals surface area contributed by atoms with Crippen LogP contribution in [0.3, 0.4) is 0 Å². The number of nitrogens with one attached hydrogen (secondary N) is 1. The fourth-order valence-corrected chi connectivity index (χ4v) is 1.20. The monoisotopic (exact) mass is 234 g/mol. The molecule has 0 saturated heterocycles. The summed E-state index contributed by atoms with van der Waals surface area (Å²) in [5, 5.41) is 2.73. The van der Waals surface area contributed by atoms with E-state index in [1.54, 1.807) is 12.4 Å². The zero-order chi connectivity index (χ0) is 12.7. The van der Waals surface area contributed by atoms with Crippen LogP contribution in [0.25, 0.3) is 6.08 Å². The van der Waals surface area contributed by atoms with E-state index in [0.29, 0.717) is 12.5 Å². The molecule has 0 aromatic carbocycles. The fourth-order valence-electron chi connectivity index (χ4n) is 1.20. The molecule has 1 aromatic heterocycles. The van der Waals surface area contributed by atoms with E-state index >= 15 is 0 Å². The zero-order valence-electron chi connectivity index (χ0n) is 10.5. The second kappa shape index (κ2) is 6.62. The molecule has 1 aromatic rings. The lowest BCUT2D eigenvalue weighted by molar-refractivity contribution is -0.118. The lowest BCUT2D eigenvalue weighted by Crippen LogP contribution is -2.20. The van der Waals surface area contributed by atoms with Gasteiger partial charge in [0.25, 0.3) is 0 Å². The van der Waals surface area contributed by atoms with Crippen LogP contribution < -0.4 is 10.2 Å². The van der Waals surface area contributed by atoms with E-state index in [2.05, 4.69) is 15.3 Å². The lowest BCUT2D eigenvalue weighted by atomic mass is 10.3. The summed E-state index contributed by atoms with van der Waals surface area (Å²) in [4.78, 5) is 20.9. The average Bonchev–Trinajstić information content (AvgIpc) is 2.29. The summed E-state index contributed by atoms with van der Waals surface area (Å²) in [7, 11) is 3.80. The molecule has 0 saturated carbocycles. The Bertz CT molecular complexity index is 384. The minimum Gasteiger partial charge on any atom is -0.356 e. The summed E-state index contributed by atoms with van der Waals surface area (Å²) in [6, 6.07) is 0. The van der Waals surface area contributed by atoms with E-state index in [1.807, 2.05) is 31.1 Å². The van der Waals surface area contributed by atoms with Crippen LogP contribution in [0.4, 0.5) is 5.95 Å². The van der Waals surface area contributed by atoms with E-state index in [0.717, 1.165) is 12.0 Å². The number of rotatable bonds is 5. The Hall–Kier alpha value is -1.91. The van der Waals surface area contributed by atoms with Gasteiger partial charge in [0.05, 0.1) is 0 Å². The summed E-state index contributed by atoms with van der Waals surface area (Å²) in [5.41, 5.74) is 0.957. The minimum absolute atomic E-state index is 0.00271. The molecule has 0 spiro atoms. The van der Waals surface area contributed by atoms with Gasteiger partial charge >= 0.3 is 0 Å². The minimum atomic E-state index is -0.00271. The van der Waals surface area contributed by atoms with Gasteiger partial charge in [0, 0.05) is 45.5 Å². The van der Waals surface area contributed by atoms with Gasteiger partial charge in [-0.25, -0.2) is 9.97 Å². The van der Waals surface area contributed by atoms with Crippen molar-refractivity contribution in [3.05, 3.63) is 24.0 Å². The molecule has 0 aliphatic rings. The number of anilines is 1. The molecule has 0 unspecified atom stereocenters. The zero-order valence-corrected chi connectivity index (χ0v) is 10.5. The van der Waals surface area contributed by atoms with Gasteiger partial charge in [0.2, 0.25) is 11.9 Å². The van der Waals surface area contributed by atoms with Crippen molar-refractivity contribution in [3.63, 3.8) is 0 Å². The van der Waals surface area contributed by atoms with Gasteiger partial charge in [-0.3, -0.25) is 4.79 Å². The summed E-state index contributed by atoms with van der Waals surface area (Å²) in [6.45, 7) is 2.17. The molecule has 1 amide bonds. The Morgan fingerprint density at radius 2 is 2.06 bits per heavy atom. The number of aromatic nitrogens is 2. The standard InChI is InChI=1S/C12H18N4O/c1-10(17)13-7-5-4-6-11-8-14-12(15-9-11)16(2)3/h4,6,8-9H,5,7H2,1-3H3,(H,13,17). The molecule has 0 fully saturated rings. The highest BCUT2D eigenvalue weighted by Gasteiger charge is 1.96. The summed E-state index contributed by atoms with van der Waals surface area (Å²) in [5.74, 6) is 0.692. The molecular formula is C12H18N4O. The molecule has 0 radical (unpaired) electrons. The molecular weight excluding hydrogens is 216 g/mol. The van der Waals surface area contributed by atoms with Crippen molar-refractivity contribution in [2.24, 2.45) is 0 Å². The Labute approximate surface area is 102 Å². The number of amides is 1. The number of carbonyl (C=O) groups is 1. The van der Waals surface area contributed by atoms with Gasteiger partial charge in [0.1, 0.15) is 0 Å². The summed E-state index contributed by atoms with van der Waals surface area (Å²) >= 11 is 0. The molecule has 1 rings (SSSR count). The molecule has 0 aliphatic carbocycles. The first-order valence-corrected chi connectivity index (χ1v) is 5.50. The van der Waals surface area contributed by atoms with Crippen LogP contribution in [0.5, 0.6) is 0 Å². The maximum Gasteiger partial charge on any atom is 0.224 e. The van der Waals surface area contributed by atoms with E-state index in [4.69, 9.17) is 0 Å². The van der Waals surface area contributed by atoms with Crippen molar-refractivity contribution >= 4 is 17.9 Å². The summed E-state index contributed by atoms with van der Waals surface area (Å²) < 4.78 is 0. The Kier molecular flexibility index (Phi) is 5.13. The number of nitrogens with zero attached hydrogens (tertiary/aromatic N) is 3. The van der Waals surface area contributed by atoms with Crippen molar-refractivity contribution < 1.29 is 4.79 Å². The molecule has 0 atom stereocenters. The lowest BCUT2D eigenvalue weighted by Gasteiger charge is -2.08. The van der Waals surface area contributed by atoms with Crippen LogP contribution in [0, 0.1) is 0 Å². The maximum absolute atomic E-state index is 10.6. The van der Waals surface area contributed by atoms with Crippen LogP contribution in [0.15, 0.2) is 18.5 Å². The van der Waals surface area contributed by atoms with Gasteiger partial charge in [-0.1, -0.05) is 12.2 Å². The van der Waals surface area contributed by atoms with Crippen molar-refractivity contribution in [2.45, 2.75) is 13.3 Å². The highest BCUT2D eigenvalue weighted by Crippen LogP contribution is 2.04. The first-order valence-electron chi connectivity index (χ1n) is 5.50. The third-order valence-corrected chi connectivity index (χ3v) is 2.05. The van der Waals surface area contributed by atoms with Crippen LogP contribution in [-0.2, 0) is 4.79 Å². The van der Waals surface area contributed by atoms with Crippen LogP contribution in [-0.4, -0.2) is 36.5 Å². The number of carbonyl (C=O) groups excluding carboxylic acids is 1. The highest BCUT2D eigenvalue weighted by molar-refractivity contribution is 5.72. The van der Waals surface area contributed by atoms with E-state index < -0.39 is 0 Å². The number of hydrogen-bond acceptors (Lipinski definition) is 4. The van der Waals surface area contributed by atoms with E-state index in [9.17, 15) is 4.79 Å². The SMILES string of the molecule is CC(=O)NCCC=Cc1cnc(N(C)C)nc1. The van der Waals surface area contributed by atoms with Gasteiger partial charge in [-0.2, -0.15) is 0 Å². The average molecular weight is 234 g/mol. The van der Waals surface area contributed by atoms with Crippen LogP contribution in [0.2, 0.25) is 0 Å². The van der Waals surface area contributed by atoms with Crippen molar-refractivity contribution in [1.29, 1.82) is 0 Å². The first kappa shape index (κ1) is 13.2. The van der Waals surface area contributed by atoms with E-state index in [-0.39, 0.29) is 5.91 Å². The third kappa shape index (κ3) is 5.10. The molecule has 92 valence electrons. The first-order chi connectivity index (χ1) is 8.09. The van der Waals surface area contributed by atoms with Crippen molar-refractivity contribution in [1.82, 2.24) is 15.3 Å². The third-order valence-electron chi connectivity index (χ3n) is 2.05. The largest absolute Gasteiger partial charge is 0.356 e. The van der Waals surface area contributed by atoms with Crippen molar-refractivity contribution in [3.8, 4) is 0 Å². The fraction of sp³-hybridized carbons (Fsp3) is 0.417. The normalized spacial score (nSPS) is 10.5. The smallest absolute Gasteiger partial charge is 0.224 e. The quantitative estimate of drug-likeness (QED) is 0.775. The van der Waals surface area contributed by atoms with Gasteiger partial charge in [-0.05, 0) is 6.42 Å². The molecule has 17 heavy (non-hydrogen) atoms. The van der Waals surface area contributed by atoms with E-state index in [1.165, 1.54) is 6.92 Å². The molecule has 0 bridgehead atoms. The Morgan fingerprint density at radius 3 is 2.59 bits per heavy atom. The predicted molar refractivity (Wildman–Crippen MR) is 68.7 cm³/mol. The Balaban J connectivity index is 2.41. The molecule has 1 N–H and O–H groups in total. The van der Waals surface area contributed by atoms with Gasteiger partial charge in [-0.15, -0.1) is 0 Å². The van der Waals surface area contributed by atoms with Crippen LogP contribution >= 0.6 is 0 Å². The molecule has 5 heteroatoms. The van der Waals surface area contributed by atoms with Gasteiger partial charge in [0.15, 0.2) is 0 Å². The predicted octanol–water partition coefficient (Wildman–Crippen LogP) is 1.08.